The summed E-state index contributed by atoms with van der Waals surface area (Å²) in [6.45, 7) is 9.19. The van der Waals surface area contributed by atoms with Gasteiger partial charge >= 0.3 is 6.09 Å². The molecule has 0 radical (unpaired) electrons. The van der Waals surface area contributed by atoms with Crippen molar-refractivity contribution in [3.05, 3.63) is 54.8 Å². The number of rotatable bonds is 6. The lowest BCUT2D eigenvalue weighted by atomic mass is 9.85. The molecular formula is C34H41N5O8S. The molecule has 4 bridgehead atoms. The van der Waals surface area contributed by atoms with Crippen molar-refractivity contribution in [2.24, 2.45) is 11.3 Å². The lowest BCUT2D eigenvalue weighted by Crippen LogP contribution is -2.60. The van der Waals surface area contributed by atoms with Gasteiger partial charge in [-0.3, -0.25) is 19.1 Å². The molecule has 1 aromatic heterocycles. The Morgan fingerprint density at radius 1 is 1.19 bits per heavy atom. The fourth-order valence-electron chi connectivity index (χ4n) is 6.32. The molecule has 3 heterocycles. The minimum atomic E-state index is -3.88. The van der Waals surface area contributed by atoms with E-state index >= 15 is 0 Å². The number of hydrogen-bond donors (Lipinski definition) is 3. The summed E-state index contributed by atoms with van der Waals surface area (Å²) in [5.41, 5.74) is -1.43. The third-order valence-electron chi connectivity index (χ3n) is 9.33. The highest BCUT2D eigenvalue weighted by Gasteiger charge is 2.62. The number of aromatic nitrogens is 1. The largest absolute Gasteiger partial charge is 0.472 e. The molecule has 3 fully saturated rings. The molecule has 2 aliphatic heterocycles. The smallest absolute Gasteiger partial charge is 0.407 e. The minimum absolute atomic E-state index is 0.0158. The van der Waals surface area contributed by atoms with Crippen LogP contribution in [0.15, 0.2) is 49.2 Å². The number of benzene rings is 1. The fraction of sp³-hybridized carbons (Fsp3) is 0.500. The Bertz CT molecular complexity index is 1800. The van der Waals surface area contributed by atoms with E-state index in [0.29, 0.717) is 25.1 Å². The fourth-order valence-corrected chi connectivity index (χ4v) is 7.69. The van der Waals surface area contributed by atoms with Crippen molar-refractivity contribution in [2.45, 2.75) is 81.9 Å². The molecule has 1 unspecified atom stereocenters. The molecule has 4 aliphatic rings. The molecular weight excluding hydrogens is 638 g/mol. The van der Waals surface area contributed by atoms with E-state index in [1.54, 1.807) is 27.0 Å². The van der Waals surface area contributed by atoms with Gasteiger partial charge in [-0.1, -0.05) is 51.1 Å². The molecule has 6 rings (SSSR count). The van der Waals surface area contributed by atoms with Crippen LogP contribution in [0.25, 0.3) is 16.8 Å². The highest BCUT2D eigenvalue weighted by atomic mass is 32.2. The van der Waals surface area contributed by atoms with Crippen LogP contribution < -0.4 is 20.1 Å². The van der Waals surface area contributed by atoms with E-state index in [-0.39, 0.29) is 26.0 Å². The Hall–Kier alpha value is -4.46. The van der Waals surface area contributed by atoms with Crippen LogP contribution in [0, 0.1) is 11.3 Å². The number of fused-ring (bicyclic) bond motifs is 3. The summed E-state index contributed by atoms with van der Waals surface area (Å²) in [6.07, 6.45) is 7.05. The van der Waals surface area contributed by atoms with Gasteiger partial charge in [0.2, 0.25) is 27.7 Å². The highest BCUT2D eigenvalue weighted by Crippen LogP contribution is 2.45. The van der Waals surface area contributed by atoms with Gasteiger partial charge in [-0.25, -0.2) is 18.2 Å². The lowest BCUT2D eigenvalue weighted by Gasteiger charge is -2.35. The Morgan fingerprint density at radius 2 is 1.96 bits per heavy atom. The zero-order chi connectivity index (χ0) is 34.4. The summed E-state index contributed by atoms with van der Waals surface area (Å²) >= 11 is 0. The van der Waals surface area contributed by atoms with E-state index in [2.05, 4.69) is 26.9 Å². The lowest BCUT2D eigenvalue weighted by molar-refractivity contribution is -0.142. The van der Waals surface area contributed by atoms with Crippen molar-refractivity contribution >= 4 is 50.7 Å². The van der Waals surface area contributed by atoms with E-state index in [1.807, 2.05) is 36.4 Å². The Morgan fingerprint density at radius 3 is 2.65 bits per heavy atom. The van der Waals surface area contributed by atoms with Crippen LogP contribution in [0.3, 0.4) is 0 Å². The second-order valence-electron chi connectivity index (χ2n) is 14.0. The Kier molecular flexibility index (Phi) is 8.73. The summed E-state index contributed by atoms with van der Waals surface area (Å²) in [7, 11) is -3.88. The topological polar surface area (TPSA) is 173 Å². The van der Waals surface area contributed by atoms with Gasteiger partial charge in [-0.05, 0) is 54.2 Å². The van der Waals surface area contributed by atoms with Gasteiger partial charge in [0.05, 0.1) is 18.4 Å². The van der Waals surface area contributed by atoms with E-state index < -0.39 is 74.1 Å². The molecule has 4 amide bonds. The number of amides is 4. The molecule has 256 valence electrons. The summed E-state index contributed by atoms with van der Waals surface area (Å²) in [5, 5.41) is 6.48. The number of ether oxygens (including phenoxy) is 2. The number of nitrogens with one attached hydrogen (secondary N) is 3. The number of alkyl carbamates (subject to hydrolysis) is 1. The van der Waals surface area contributed by atoms with Crippen molar-refractivity contribution in [3.8, 4) is 5.88 Å². The molecule has 14 heteroatoms. The molecule has 1 saturated heterocycles. The number of carbonyl (C=O) groups is 4. The van der Waals surface area contributed by atoms with Crippen molar-refractivity contribution in [2.75, 3.05) is 13.2 Å². The molecule has 2 aliphatic carbocycles. The maximum atomic E-state index is 14.3. The standard InChI is InChI=1S/C34H41N5O8S/c1-5-22-18-34(22,31(42)38-48(44,45)24-11-12-24)37-28(40)26-17-23-19-39(26)30(41)27(33(2,3)4)36-32(43)46-15-7-6-8-20-9-10-21-13-14-35-29(47-23)25(21)16-20/h5-6,8-10,13-14,16,22-24,26-27H,1,7,11-12,15,17-19H2,2-4H3,(H,36,43)(H,37,40)(H,38,42)/b8-6+/t22-,23-,26+,27-,34?/m1/s1. The average molecular weight is 680 g/mol. The van der Waals surface area contributed by atoms with Gasteiger partial charge in [0.25, 0.3) is 5.91 Å². The molecule has 48 heavy (non-hydrogen) atoms. The van der Waals surface area contributed by atoms with Crippen LogP contribution >= 0.6 is 0 Å². The van der Waals surface area contributed by atoms with Gasteiger partial charge in [-0.2, -0.15) is 0 Å². The van der Waals surface area contributed by atoms with E-state index in [1.165, 1.54) is 11.0 Å². The molecule has 1 aromatic carbocycles. The number of hydrogen-bond acceptors (Lipinski definition) is 9. The molecule has 3 N–H and O–H groups in total. The summed E-state index contributed by atoms with van der Waals surface area (Å²) < 4.78 is 39.2. The van der Waals surface area contributed by atoms with Crippen LogP contribution in [-0.2, 0) is 29.1 Å². The van der Waals surface area contributed by atoms with Crippen LogP contribution in [0.2, 0.25) is 0 Å². The molecule has 2 aromatic rings. The summed E-state index contributed by atoms with van der Waals surface area (Å²) in [4.78, 5) is 60.5. The maximum Gasteiger partial charge on any atom is 0.407 e. The molecule has 13 nitrogen and oxygen atoms in total. The van der Waals surface area contributed by atoms with Gasteiger partial charge in [0.15, 0.2) is 0 Å². The monoisotopic (exact) mass is 679 g/mol. The third kappa shape index (κ3) is 6.75. The second-order valence-corrected chi connectivity index (χ2v) is 16.0. The third-order valence-corrected chi connectivity index (χ3v) is 11.2. The Balaban J connectivity index is 1.33. The first-order chi connectivity index (χ1) is 22.7. The van der Waals surface area contributed by atoms with Crippen LogP contribution in [0.5, 0.6) is 5.88 Å². The normalized spacial score (nSPS) is 28.4. The number of sulfonamides is 1. The van der Waals surface area contributed by atoms with Crippen molar-refractivity contribution in [3.63, 3.8) is 0 Å². The highest BCUT2D eigenvalue weighted by molar-refractivity contribution is 7.91. The first-order valence-corrected chi connectivity index (χ1v) is 17.7. The predicted octanol–water partition coefficient (Wildman–Crippen LogP) is 2.81. The van der Waals surface area contributed by atoms with Crippen LogP contribution in [-0.4, -0.2) is 84.2 Å². The quantitative estimate of drug-likeness (QED) is 0.388. The van der Waals surface area contributed by atoms with Crippen LogP contribution in [0.4, 0.5) is 4.79 Å². The Labute approximate surface area is 279 Å². The zero-order valence-electron chi connectivity index (χ0n) is 27.2. The van der Waals surface area contributed by atoms with Gasteiger partial charge in [0, 0.05) is 23.9 Å². The van der Waals surface area contributed by atoms with Crippen molar-refractivity contribution in [1.29, 1.82) is 0 Å². The summed E-state index contributed by atoms with van der Waals surface area (Å²) in [6, 6.07) is 5.48. The first kappa shape index (κ1) is 33.4. The average Bonchev–Trinajstić information content (AvgIpc) is 3.95. The minimum Gasteiger partial charge on any atom is -0.472 e. The molecule has 2 saturated carbocycles. The number of nitrogens with zero attached hydrogens (tertiary/aromatic N) is 2. The maximum absolute atomic E-state index is 14.3. The van der Waals surface area contributed by atoms with Crippen LogP contribution in [0.1, 0.15) is 58.4 Å². The second kappa shape index (κ2) is 12.5. The molecule has 0 spiro atoms. The predicted molar refractivity (Wildman–Crippen MR) is 177 cm³/mol. The summed E-state index contributed by atoms with van der Waals surface area (Å²) in [5.74, 6) is -2.19. The number of cyclic esters (lactones) is 1. The van der Waals surface area contributed by atoms with Crippen molar-refractivity contribution < 1.29 is 37.1 Å². The number of pyridine rings is 1. The van der Waals surface area contributed by atoms with E-state index in [4.69, 9.17) is 9.47 Å². The SMILES string of the molecule is C=C[C@@H]1CC1(NC(=O)[C@@H]1C[C@@H]2CN1C(=O)[C@H](C(C)(C)C)NC(=O)OCC/C=C/c1ccc3ccnc(c3c1)O2)C(=O)NS(=O)(=O)C1CC1. The molecule has 5 atom stereocenters. The van der Waals surface area contributed by atoms with Crippen molar-refractivity contribution in [1.82, 2.24) is 25.2 Å². The van der Waals surface area contributed by atoms with Gasteiger partial charge < -0.3 is 25.0 Å². The van der Waals surface area contributed by atoms with Gasteiger partial charge in [0.1, 0.15) is 23.7 Å². The first-order valence-electron chi connectivity index (χ1n) is 16.2. The number of carbonyl (C=O) groups excluding carboxylic acids is 4. The van der Waals surface area contributed by atoms with E-state index in [9.17, 15) is 27.6 Å². The zero-order valence-corrected chi connectivity index (χ0v) is 28.0. The van der Waals surface area contributed by atoms with Gasteiger partial charge in [-0.15, -0.1) is 6.58 Å². The van der Waals surface area contributed by atoms with E-state index in [0.717, 1.165) is 16.3 Å².